The molecule has 0 aliphatic carbocycles. The second-order valence-electron chi connectivity index (χ2n) is 3.85. The zero-order chi connectivity index (χ0) is 10.6. The smallest absolute Gasteiger partial charge is 0.0833 e. The summed E-state index contributed by atoms with van der Waals surface area (Å²) >= 11 is 0. The lowest BCUT2D eigenvalue weighted by Gasteiger charge is -2.18. The van der Waals surface area contributed by atoms with Crippen molar-refractivity contribution in [1.29, 1.82) is 0 Å². The van der Waals surface area contributed by atoms with Gasteiger partial charge in [0, 0.05) is 17.4 Å². The molecule has 0 aromatic carbocycles. The van der Waals surface area contributed by atoms with Crippen LogP contribution >= 0.6 is 0 Å². The number of hydrogen-bond acceptors (Lipinski definition) is 1. The van der Waals surface area contributed by atoms with Crippen molar-refractivity contribution in [2.45, 2.75) is 52.7 Å². The number of nitrogens with zero attached hydrogens (tertiary/aromatic N) is 1. The maximum Gasteiger partial charge on any atom is 0.0833 e. The Morgan fingerprint density at radius 3 is 2.43 bits per heavy atom. The molecule has 1 aromatic heterocycles. The van der Waals surface area contributed by atoms with Gasteiger partial charge in [0.05, 0.1) is 6.61 Å². The van der Waals surface area contributed by atoms with E-state index in [4.69, 9.17) is 0 Å². The van der Waals surface area contributed by atoms with Crippen molar-refractivity contribution >= 4 is 0 Å². The van der Waals surface area contributed by atoms with E-state index >= 15 is 0 Å². The lowest BCUT2D eigenvalue weighted by atomic mass is 10.2. The van der Waals surface area contributed by atoms with E-state index in [1.165, 1.54) is 5.69 Å². The summed E-state index contributed by atoms with van der Waals surface area (Å²) in [6.45, 7) is 6.72. The van der Waals surface area contributed by atoms with Gasteiger partial charge in [-0.15, -0.1) is 0 Å². The summed E-state index contributed by atoms with van der Waals surface area (Å²) in [5.74, 6) is 0. The van der Waals surface area contributed by atoms with Crippen molar-refractivity contribution in [3.63, 3.8) is 0 Å². The molecule has 80 valence electrons. The van der Waals surface area contributed by atoms with Gasteiger partial charge in [0.25, 0.3) is 0 Å². The van der Waals surface area contributed by atoms with Crippen LogP contribution in [0.4, 0.5) is 0 Å². The zero-order valence-electron chi connectivity index (χ0n) is 9.45. The topological polar surface area (TPSA) is 25.2 Å². The molecular formula is C12H21NO. The van der Waals surface area contributed by atoms with Gasteiger partial charge in [-0.25, -0.2) is 0 Å². The Bertz CT molecular complexity index is 278. The fraction of sp³-hybridized carbons (Fsp3) is 0.667. The van der Waals surface area contributed by atoms with Crippen molar-refractivity contribution in [3.8, 4) is 0 Å². The van der Waals surface area contributed by atoms with Gasteiger partial charge in [-0.3, -0.25) is 0 Å². The average molecular weight is 195 g/mol. The maximum atomic E-state index is 9.22. The molecule has 0 aliphatic rings. The minimum atomic E-state index is 0.147. The number of aliphatic hydroxyl groups excluding tert-OH is 1. The summed E-state index contributed by atoms with van der Waals surface area (Å²) in [6, 6.07) is 4.67. The molecule has 1 heterocycles. The molecule has 0 spiro atoms. The third-order valence-electron chi connectivity index (χ3n) is 2.79. The van der Waals surface area contributed by atoms with E-state index in [0.717, 1.165) is 25.0 Å². The van der Waals surface area contributed by atoms with Crippen LogP contribution in [0.25, 0.3) is 0 Å². The first-order valence-corrected chi connectivity index (χ1v) is 5.54. The first-order chi connectivity index (χ1) is 6.74. The van der Waals surface area contributed by atoms with Crippen molar-refractivity contribution < 1.29 is 5.11 Å². The molecule has 1 N–H and O–H groups in total. The SMILES string of the molecule is CCCc1ccc(CO)n1[C@@H](C)CC. The Labute approximate surface area is 86.6 Å². The molecule has 1 atom stereocenters. The summed E-state index contributed by atoms with van der Waals surface area (Å²) in [5.41, 5.74) is 2.40. The quantitative estimate of drug-likeness (QED) is 0.768. The average Bonchev–Trinajstić information content (AvgIpc) is 2.60. The fourth-order valence-corrected chi connectivity index (χ4v) is 1.87. The predicted octanol–water partition coefficient (Wildman–Crippen LogP) is 2.90. The highest BCUT2D eigenvalue weighted by Gasteiger charge is 2.11. The van der Waals surface area contributed by atoms with Crippen LogP contribution in [-0.4, -0.2) is 9.67 Å². The Morgan fingerprint density at radius 1 is 1.29 bits per heavy atom. The molecule has 0 amide bonds. The van der Waals surface area contributed by atoms with Gasteiger partial charge in [-0.05, 0) is 31.9 Å². The molecular weight excluding hydrogens is 174 g/mol. The van der Waals surface area contributed by atoms with Crippen molar-refractivity contribution in [2.24, 2.45) is 0 Å². The first-order valence-electron chi connectivity index (χ1n) is 5.54. The molecule has 2 nitrogen and oxygen atoms in total. The molecule has 0 radical (unpaired) electrons. The van der Waals surface area contributed by atoms with E-state index in [1.807, 2.05) is 6.07 Å². The Morgan fingerprint density at radius 2 is 1.93 bits per heavy atom. The molecule has 0 fully saturated rings. The molecule has 2 heteroatoms. The van der Waals surface area contributed by atoms with Gasteiger partial charge in [0.2, 0.25) is 0 Å². The van der Waals surface area contributed by atoms with Gasteiger partial charge in [-0.2, -0.15) is 0 Å². The Hall–Kier alpha value is -0.760. The van der Waals surface area contributed by atoms with Gasteiger partial charge < -0.3 is 9.67 Å². The number of aliphatic hydroxyl groups is 1. The normalized spacial score (nSPS) is 13.1. The van der Waals surface area contributed by atoms with Crippen LogP contribution in [0.2, 0.25) is 0 Å². The van der Waals surface area contributed by atoms with Gasteiger partial charge in [0.15, 0.2) is 0 Å². The van der Waals surface area contributed by atoms with Crippen molar-refractivity contribution in [3.05, 3.63) is 23.5 Å². The number of aromatic nitrogens is 1. The van der Waals surface area contributed by atoms with E-state index in [9.17, 15) is 5.11 Å². The van der Waals surface area contributed by atoms with E-state index < -0.39 is 0 Å². The van der Waals surface area contributed by atoms with Gasteiger partial charge in [0.1, 0.15) is 0 Å². The number of rotatable bonds is 5. The monoisotopic (exact) mass is 195 g/mol. The molecule has 0 aliphatic heterocycles. The summed E-state index contributed by atoms with van der Waals surface area (Å²) in [4.78, 5) is 0. The van der Waals surface area contributed by atoms with Crippen molar-refractivity contribution in [2.75, 3.05) is 0 Å². The third kappa shape index (κ3) is 2.18. The van der Waals surface area contributed by atoms with Crippen LogP contribution in [0.5, 0.6) is 0 Å². The molecule has 0 saturated carbocycles. The van der Waals surface area contributed by atoms with E-state index in [0.29, 0.717) is 6.04 Å². The lowest BCUT2D eigenvalue weighted by molar-refractivity contribution is 0.265. The highest BCUT2D eigenvalue weighted by atomic mass is 16.3. The highest BCUT2D eigenvalue weighted by molar-refractivity contribution is 5.17. The van der Waals surface area contributed by atoms with Crippen molar-refractivity contribution in [1.82, 2.24) is 4.57 Å². The molecule has 0 saturated heterocycles. The van der Waals surface area contributed by atoms with Gasteiger partial charge >= 0.3 is 0 Å². The summed E-state index contributed by atoms with van der Waals surface area (Å²) in [7, 11) is 0. The van der Waals surface area contributed by atoms with Crippen LogP contribution in [-0.2, 0) is 13.0 Å². The summed E-state index contributed by atoms with van der Waals surface area (Å²) in [6.07, 6.45) is 3.37. The fourth-order valence-electron chi connectivity index (χ4n) is 1.87. The van der Waals surface area contributed by atoms with Crippen LogP contribution in [0.3, 0.4) is 0 Å². The highest BCUT2D eigenvalue weighted by Crippen LogP contribution is 2.20. The number of aryl methyl sites for hydroxylation is 1. The van der Waals surface area contributed by atoms with Gasteiger partial charge in [-0.1, -0.05) is 20.3 Å². The second-order valence-corrected chi connectivity index (χ2v) is 3.85. The minimum absolute atomic E-state index is 0.147. The first kappa shape index (κ1) is 11.3. The van der Waals surface area contributed by atoms with Crippen LogP contribution in [0.1, 0.15) is 51.0 Å². The second kappa shape index (κ2) is 5.20. The minimum Gasteiger partial charge on any atom is -0.390 e. The molecule has 1 rings (SSSR count). The van der Waals surface area contributed by atoms with E-state index in [2.05, 4.69) is 31.4 Å². The zero-order valence-corrected chi connectivity index (χ0v) is 9.45. The summed E-state index contributed by atoms with van der Waals surface area (Å²) in [5, 5.41) is 9.22. The lowest BCUT2D eigenvalue weighted by Crippen LogP contribution is -2.11. The molecule has 1 aromatic rings. The van der Waals surface area contributed by atoms with E-state index in [-0.39, 0.29) is 6.61 Å². The number of hydrogen-bond donors (Lipinski definition) is 1. The largest absolute Gasteiger partial charge is 0.390 e. The molecule has 0 unspecified atom stereocenters. The van der Waals surface area contributed by atoms with E-state index in [1.54, 1.807) is 0 Å². The standard InChI is InChI=1S/C12H21NO/c1-4-6-11-7-8-12(9-14)13(11)10(3)5-2/h7-8,10,14H,4-6,9H2,1-3H3/t10-/m0/s1. The van der Waals surface area contributed by atoms with Crippen LogP contribution < -0.4 is 0 Å². The molecule has 14 heavy (non-hydrogen) atoms. The predicted molar refractivity (Wildman–Crippen MR) is 59.4 cm³/mol. The Balaban J connectivity index is 2.99. The van der Waals surface area contributed by atoms with Crippen LogP contribution in [0.15, 0.2) is 12.1 Å². The summed E-state index contributed by atoms with van der Waals surface area (Å²) < 4.78 is 2.28. The maximum absolute atomic E-state index is 9.22. The molecule has 0 bridgehead atoms. The Kier molecular flexibility index (Phi) is 4.21. The van der Waals surface area contributed by atoms with Crippen LogP contribution in [0, 0.1) is 0 Å². The third-order valence-corrected chi connectivity index (χ3v) is 2.79.